The van der Waals surface area contributed by atoms with Crippen molar-refractivity contribution in [1.82, 2.24) is 14.5 Å². The monoisotopic (exact) mass is 576 g/mol. The van der Waals surface area contributed by atoms with E-state index in [-0.39, 0.29) is 30.6 Å². The number of piperazine rings is 1. The van der Waals surface area contributed by atoms with Crippen molar-refractivity contribution >= 4 is 33.6 Å². The molecular formula is C30H32N4O6S. The van der Waals surface area contributed by atoms with Gasteiger partial charge >= 0.3 is 12.0 Å². The third-order valence-electron chi connectivity index (χ3n) is 7.51. The molecule has 2 N–H and O–H groups in total. The number of methoxy groups -OCH3 is 1. The van der Waals surface area contributed by atoms with Crippen LogP contribution in [-0.2, 0) is 26.0 Å². The summed E-state index contributed by atoms with van der Waals surface area (Å²) in [6.45, 7) is -0.0855. The predicted octanol–water partition coefficient (Wildman–Crippen LogP) is 3.57. The lowest BCUT2D eigenvalue weighted by atomic mass is 9.87. The number of esters is 1. The van der Waals surface area contributed by atoms with E-state index in [9.17, 15) is 22.8 Å². The summed E-state index contributed by atoms with van der Waals surface area (Å²) in [4.78, 5) is 40.2. The summed E-state index contributed by atoms with van der Waals surface area (Å²) >= 11 is 0. The van der Waals surface area contributed by atoms with Crippen molar-refractivity contribution in [2.75, 3.05) is 32.1 Å². The number of nitrogens with one attached hydrogen (secondary N) is 2. The van der Waals surface area contributed by atoms with Gasteiger partial charge in [0.25, 0.3) is 0 Å². The Kier molecular flexibility index (Phi) is 8.36. The molecule has 2 atom stereocenters. The van der Waals surface area contributed by atoms with E-state index in [1.807, 2.05) is 24.3 Å². The van der Waals surface area contributed by atoms with Crippen LogP contribution in [-0.4, -0.2) is 68.3 Å². The highest BCUT2D eigenvalue weighted by Gasteiger charge is 2.42. The minimum atomic E-state index is -4.01. The van der Waals surface area contributed by atoms with Gasteiger partial charge in [-0.25, -0.2) is 18.0 Å². The quantitative estimate of drug-likeness (QED) is 0.433. The highest BCUT2D eigenvalue weighted by atomic mass is 32.2. The number of carbonyl (C=O) groups excluding carboxylic acids is 3. The average molecular weight is 577 g/mol. The molecule has 1 saturated heterocycles. The summed E-state index contributed by atoms with van der Waals surface area (Å²) in [5.41, 5.74) is 2.99. The molecule has 1 fully saturated rings. The van der Waals surface area contributed by atoms with Gasteiger partial charge in [-0.3, -0.25) is 4.79 Å². The smallest absolute Gasteiger partial charge is 0.337 e. The standard InChI is InChI=1S/C30H32N4O6S/c1-40-29(36)22-14-16-23(17-15-22)31-30(37)33-18-19-34(41(38,39)24-10-3-2-4-11-24)27(20-33)28(35)32-26-13-7-9-21-8-5-6-12-25(21)26/h2-6,8,10-12,14-17,26-27H,7,9,13,18-20H2,1H3,(H,31,37)(H,32,35). The number of hydrogen-bond acceptors (Lipinski definition) is 6. The lowest BCUT2D eigenvalue weighted by molar-refractivity contribution is -0.127. The van der Waals surface area contributed by atoms with Gasteiger partial charge < -0.3 is 20.3 Å². The molecule has 0 radical (unpaired) electrons. The molecule has 1 aliphatic carbocycles. The number of benzene rings is 3. The maximum atomic E-state index is 13.8. The van der Waals surface area contributed by atoms with Gasteiger partial charge in [0, 0.05) is 25.3 Å². The van der Waals surface area contributed by atoms with E-state index in [0.29, 0.717) is 11.3 Å². The molecule has 1 aliphatic heterocycles. The molecule has 2 aliphatic rings. The fourth-order valence-corrected chi connectivity index (χ4v) is 6.95. The number of rotatable bonds is 6. The van der Waals surface area contributed by atoms with E-state index in [1.165, 1.54) is 46.1 Å². The first kappa shape index (κ1) is 28.3. The summed E-state index contributed by atoms with van der Waals surface area (Å²) < 4.78 is 33.2. The Hall–Kier alpha value is -4.22. The summed E-state index contributed by atoms with van der Waals surface area (Å²) in [7, 11) is -2.72. The zero-order valence-electron chi connectivity index (χ0n) is 22.7. The molecule has 3 aromatic rings. The number of amides is 3. The molecule has 5 rings (SSSR count). The Balaban J connectivity index is 1.37. The van der Waals surface area contributed by atoms with E-state index in [4.69, 9.17) is 4.74 Å². The van der Waals surface area contributed by atoms with Crippen LogP contribution in [0.1, 0.15) is 40.4 Å². The van der Waals surface area contributed by atoms with Crippen molar-refractivity contribution in [3.8, 4) is 0 Å². The molecule has 0 saturated carbocycles. The molecule has 3 aromatic carbocycles. The van der Waals surface area contributed by atoms with Gasteiger partial charge in [0.05, 0.1) is 23.6 Å². The molecule has 0 aromatic heterocycles. The minimum absolute atomic E-state index is 0.0503. The molecular weight excluding hydrogens is 544 g/mol. The zero-order valence-corrected chi connectivity index (χ0v) is 23.5. The number of aryl methyl sites for hydroxylation is 1. The number of nitrogens with zero attached hydrogens (tertiary/aromatic N) is 2. The lowest BCUT2D eigenvalue weighted by Gasteiger charge is -2.40. The number of hydrogen-bond donors (Lipinski definition) is 2. The van der Waals surface area contributed by atoms with Crippen molar-refractivity contribution in [1.29, 1.82) is 0 Å². The second kappa shape index (κ2) is 12.1. The minimum Gasteiger partial charge on any atom is -0.465 e. The predicted molar refractivity (Wildman–Crippen MR) is 153 cm³/mol. The molecule has 1 heterocycles. The van der Waals surface area contributed by atoms with E-state index in [1.54, 1.807) is 30.3 Å². The number of carbonyl (C=O) groups is 3. The number of anilines is 1. The maximum Gasteiger partial charge on any atom is 0.337 e. The van der Waals surface area contributed by atoms with Crippen LogP contribution in [0.3, 0.4) is 0 Å². The fraction of sp³-hybridized carbons (Fsp3) is 0.300. The highest BCUT2D eigenvalue weighted by molar-refractivity contribution is 7.89. The first-order chi connectivity index (χ1) is 19.8. The van der Waals surface area contributed by atoms with Gasteiger partial charge in [0.2, 0.25) is 15.9 Å². The van der Waals surface area contributed by atoms with Crippen LogP contribution in [0.4, 0.5) is 10.5 Å². The van der Waals surface area contributed by atoms with Crippen LogP contribution < -0.4 is 10.6 Å². The maximum absolute atomic E-state index is 13.8. The first-order valence-electron chi connectivity index (χ1n) is 13.5. The third kappa shape index (κ3) is 6.10. The van der Waals surface area contributed by atoms with Gasteiger partial charge in [0.1, 0.15) is 6.04 Å². The van der Waals surface area contributed by atoms with Crippen molar-refractivity contribution in [2.45, 2.75) is 36.2 Å². The Morgan fingerprint density at radius 2 is 1.61 bits per heavy atom. The van der Waals surface area contributed by atoms with Crippen LogP contribution in [0.5, 0.6) is 0 Å². The lowest BCUT2D eigenvalue weighted by Crippen LogP contribution is -2.62. The Morgan fingerprint density at radius 1 is 0.902 bits per heavy atom. The van der Waals surface area contributed by atoms with Crippen molar-refractivity contribution in [3.63, 3.8) is 0 Å². The first-order valence-corrected chi connectivity index (χ1v) is 14.9. The number of sulfonamides is 1. The summed E-state index contributed by atoms with van der Waals surface area (Å²) in [5.74, 6) is -0.945. The van der Waals surface area contributed by atoms with Crippen LogP contribution in [0.15, 0.2) is 83.8 Å². The van der Waals surface area contributed by atoms with Gasteiger partial charge in [-0.2, -0.15) is 4.31 Å². The van der Waals surface area contributed by atoms with Crippen molar-refractivity contribution < 1.29 is 27.5 Å². The summed E-state index contributed by atoms with van der Waals surface area (Å²) in [6, 6.07) is 20.3. The molecule has 11 heteroatoms. The molecule has 214 valence electrons. The van der Waals surface area contributed by atoms with Gasteiger partial charge in [0.15, 0.2) is 0 Å². The van der Waals surface area contributed by atoms with Gasteiger partial charge in [-0.15, -0.1) is 0 Å². The van der Waals surface area contributed by atoms with Gasteiger partial charge in [-0.1, -0.05) is 42.5 Å². The molecule has 3 amide bonds. The van der Waals surface area contributed by atoms with Crippen molar-refractivity contribution in [3.05, 3.63) is 95.6 Å². The average Bonchev–Trinajstić information content (AvgIpc) is 3.01. The Labute approximate surface area is 239 Å². The topological polar surface area (TPSA) is 125 Å². The van der Waals surface area contributed by atoms with Crippen LogP contribution in [0.25, 0.3) is 0 Å². The molecule has 10 nitrogen and oxygen atoms in total. The molecule has 0 spiro atoms. The highest BCUT2D eigenvalue weighted by Crippen LogP contribution is 2.30. The Morgan fingerprint density at radius 3 is 2.34 bits per heavy atom. The number of ether oxygens (including phenoxy) is 1. The summed E-state index contributed by atoms with van der Waals surface area (Å²) in [6.07, 6.45) is 2.57. The number of fused-ring (bicyclic) bond motifs is 1. The third-order valence-corrected chi connectivity index (χ3v) is 9.44. The van der Waals surface area contributed by atoms with Crippen LogP contribution >= 0.6 is 0 Å². The zero-order chi connectivity index (χ0) is 29.0. The second-order valence-corrected chi connectivity index (χ2v) is 11.9. The largest absolute Gasteiger partial charge is 0.465 e. The van der Waals surface area contributed by atoms with Crippen LogP contribution in [0, 0.1) is 0 Å². The SMILES string of the molecule is COC(=O)c1ccc(NC(=O)N2CCN(S(=O)(=O)c3ccccc3)C(C(=O)NC3CCCc4ccccc43)C2)cc1. The Bertz CT molecular complexity index is 1530. The normalized spacial score (nSPS) is 19.1. The second-order valence-electron chi connectivity index (χ2n) is 10.0. The van der Waals surface area contributed by atoms with E-state index < -0.39 is 34.0 Å². The van der Waals surface area contributed by atoms with Crippen molar-refractivity contribution in [2.24, 2.45) is 0 Å². The van der Waals surface area contributed by atoms with E-state index in [2.05, 4.69) is 10.6 Å². The number of urea groups is 1. The molecule has 41 heavy (non-hydrogen) atoms. The van der Waals surface area contributed by atoms with E-state index >= 15 is 0 Å². The molecule has 0 bridgehead atoms. The van der Waals surface area contributed by atoms with E-state index in [0.717, 1.165) is 24.8 Å². The van der Waals surface area contributed by atoms with Crippen LogP contribution in [0.2, 0.25) is 0 Å². The summed E-state index contributed by atoms with van der Waals surface area (Å²) in [5, 5.41) is 5.85. The fourth-order valence-electron chi connectivity index (χ4n) is 5.36. The molecule has 2 unspecified atom stereocenters. The van der Waals surface area contributed by atoms with Gasteiger partial charge in [-0.05, 0) is 66.8 Å².